The Morgan fingerprint density at radius 2 is 1.29 bits per heavy atom. The summed E-state index contributed by atoms with van der Waals surface area (Å²) >= 11 is 0. The standard InChI is InChI=1S/C23H22N4O/c1-17-7-3-5-9-20(17)15-24-26-22-13-11-19(12-14-22)23(28)27-25-16-21-10-6-4-8-18(21)2/h3-16,26H,1-2H3,(H,27,28)/b24-15+,25-16+. The van der Waals surface area contributed by atoms with Crippen LogP contribution in [-0.4, -0.2) is 18.3 Å². The van der Waals surface area contributed by atoms with Crippen molar-refractivity contribution in [3.63, 3.8) is 0 Å². The van der Waals surface area contributed by atoms with Gasteiger partial charge >= 0.3 is 0 Å². The number of hydrazone groups is 2. The Morgan fingerprint density at radius 1 is 0.750 bits per heavy atom. The monoisotopic (exact) mass is 370 g/mol. The largest absolute Gasteiger partial charge is 0.279 e. The predicted octanol–water partition coefficient (Wildman–Crippen LogP) is 4.51. The normalized spacial score (nSPS) is 11.1. The zero-order valence-electron chi connectivity index (χ0n) is 15.9. The molecule has 0 aliphatic rings. The molecule has 5 nitrogen and oxygen atoms in total. The highest BCUT2D eigenvalue weighted by atomic mass is 16.2. The molecule has 0 aliphatic heterocycles. The SMILES string of the molecule is Cc1ccccc1/C=N/NC(=O)c1ccc(N/N=C/c2ccccc2C)cc1. The van der Waals surface area contributed by atoms with E-state index in [2.05, 4.69) is 21.1 Å². The van der Waals surface area contributed by atoms with Crippen molar-refractivity contribution < 1.29 is 4.79 Å². The van der Waals surface area contributed by atoms with E-state index < -0.39 is 0 Å². The maximum Gasteiger partial charge on any atom is 0.271 e. The third-order valence-electron chi connectivity index (χ3n) is 4.29. The molecule has 0 radical (unpaired) electrons. The number of anilines is 1. The van der Waals surface area contributed by atoms with E-state index in [9.17, 15) is 4.79 Å². The number of rotatable bonds is 6. The Kier molecular flexibility index (Phi) is 6.31. The Morgan fingerprint density at radius 3 is 1.86 bits per heavy atom. The Bertz CT molecular complexity index is 1010. The first kappa shape index (κ1) is 19.0. The minimum Gasteiger partial charge on any atom is -0.279 e. The Balaban J connectivity index is 1.55. The molecule has 3 aromatic carbocycles. The van der Waals surface area contributed by atoms with Gasteiger partial charge < -0.3 is 0 Å². The zero-order valence-corrected chi connectivity index (χ0v) is 15.9. The molecule has 28 heavy (non-hydrogen) atoms. The lowest BCUT2D eigenvalue weighted by Gasteiger charge is -2.04. The van der Waals surface area contributed by atoms with E-state index in [1.165, 1.54) is 0 Å². The summed E-state index contributed by atoms with van der Waals surface area (Å²) in [5, 5.41) is 8.27. The van der Waals surface area contributed by atoms with Crippen molar-refractivity contribution >= 4 is 24.0 Å². The molecule has 0 aromatic heterocycles. The van der Waals surface area contributed by atoms with Crippen LogP contribution in [0.1, 0.15) is 32.6 Å². The van der Waals surface area contributed by atoms with Gasteiger partial charge in [-0.15, -0.1) is 0 Å². The van der Waals surface area contributed by atoms with Gasteiger partial charge in [0.25, 0.3) is 5.91 Å². The van der Waals surface area contributed by atoms with Gasteiger partial charge in [0.1, 0.15) is 0 Å². The first-order valence-corrected chi connectivity index (χ1v) is 8.97. The number of nitrogens with one attached hydrogen (secondary N) is 2. The topological polar surface area (TPSA) is 65.8 Å². The van der Waals surface area contributed by atoms with Crippen molar-refractivity contribution in [2.45, 2.75) is 13.8 Å². The van der Waals surface area contributed by atoms with Crippen LogP contribution in [0.4, 0.5) is 5.69 Å². The van der Waals surface area contributed by atoms with Crippen LogP contribution < -0.4 is 10.9 Å². The molecule has 140 valence electrons. The number of hydrogen-bond donors (Lipinski definition) is 2. The lowest BCUT2D eigenvalue weighted by atomic mass is 10.1. The van der Waals surface area contributed by atoms with Gasteiger partial charge in [0.15, 0.2) is 0 Å². The molecule has 0 bridgehead atoms. The van der Waals surface area contributed by atoms with Crippen molar-refractivity contribution in [3.8, 4) is 0 Å². The molecule has 0 heterocycles. The molecule has 0 spiro atoms. The Hall–Kier alpha value is -3.73. The fraction of sp³-hybridized carbons (Fsp3) is 0.0870. The molecule has 2 N–H and O–H groups in total. The van der Waals surface area contributed by atoms with Crippen molar-refractivity contribution in [2.24, 2.45) is 10.2 Å². The van der Waals surface area contributed by atoms with E-state index in [-0.39, 0.29) is 5.91 Å². The van der Waals surface area contributed by atoms with Gasteiger partial charge in [-0.1, -0.05) is 48.5 Å². The van der Waals surface area contributed by atoms with Crippen LogP contribution in [0.2, 0.25) is 0 Å². The van der Waals surface area contributed by atoms with Crippen LogP contribution in [0, 0.1) is 13.8 Å². The van der Waals surface area contributed by atoms with Crippen molar-refractivity contribution in [1.29, 1.82) is 0 Å². The van der Waals surface area contributed by atoms with Crippen LogP contribution in [0.15, 0.2) is 83.0 Å². The van der Waals surface area contributed by atoms with Crippen LogP contribution in [0.5, 0.6) is 0 Å². The number of hydrogen-bond acceptors (Lipinski definition) is 4. The van der Waals surface area contributed by atoms with Gasteiger partial charge in [-0.25, -0.2) is 5.43 Å². The van der Waals surface area contributed by atoms with E-state index in [0.717, 1.165) is 27.9 Å². The fourth-order valence-corrected chi connectivity index (χ4v) is 2.56. The highest BCUT2D eigenvalue weighted by molar-refractivity contribution is 5.95. The first-order valence-electron chi connectivity index (χ1n) is 8.97. The molecule has 3 aromatic rings. The van der Waals surface area contributed by atoms with Crippen molar-refractivity contribution in [2.75, 3.05) is 5.43 Å². The second-order valence-electron chi connectivity index (χ2n) is 6.36. The number of carbonyl (C=O) groups is 1. The highest BCUT2D eigenvalue weighted by Gasteiger charge is 2.03. The molecular weight excluding hydrogens is 348 g/mol. The quantitative estimate of drug-likeness (QED) is 0.495. The van der Waals surface area contributed by atoms with Gasteiger partial charge in [-0.2, -0.15) is 10.2 Å². The summed E-state index contributed by atoms with van der Waals surface area (Å²) in [5.41, 5.74) is 11.1. The predicted molar refractivity (Wildman–Crippen MR) is 115 cm³/mol. The van der Waals surface area contributed by atoms with E-state index in [1.807, 2.05) is 62.4 Å². The van der Waals surface area contributed by atoms with Gasteiger partial charge in [0, 0.05) is 5.56 Å². The maximum absolute atomic E-state index is 12.2. The third kappa shape index (κ3) is 5.14. The molecule has 0 saturated heterocycles. The Labute approximate surface area is 164 Å². The van der Waals surface area contributed by atoms with Crippen molar-refractivity contribution in [3.05, 3.63) is 101 Å². The number of carbonyl (C=O) groups excluding carboxylic acids is 1. The lowest BCUT2D eigenvalue weighted by molar-refractivity contribution is 0.0955. The molecule has 0 unspecified atom stereocenters. The van der Waals surface area contributed by atoms with E-state index >= 15 is 0 Å². The van der Waals surface area contributed by atoms with Gasteiger partial charge in [0.05, 0.1) is 18.1 Å². The smallest absolute Gasteiger partial charge is 0.271 e. The third-order valence-corrected chi connectivity index (χ3v) is 4.29. The highest BCUT2D eigenvalue weighted by Crippen LogP contribution is 2.10. The molecule has 0 aliphatic carbocycles. The minimum atomic E-state index is -0.264. The summed E-state index contributed by atoms with van der Waals surface area (Å²) in [6, 6.07) is 22.9. The summed E-state index contributed by atoms with van der Waals surface area (Å²) in [6.07, 6.45) is 3.42. The molecule has 5 heteroatoms. The number of nitrogens with zero attached hydrogens (tertiary/aromatic N) is 2. The number of benzene rings is 3. The first-order chi connectivity index (χ1) is 13.6. The van der Waals surface area contributed by atoms with Gasteiger partial charge in [-0.05, 0) is 60.4 Å². The summed E-state index contributed by atoms with van der Waals surface area (Å²) < 4.78 is 0. The van der Waals surface area contributed by atoms with Crippen LogP contribution in [-0.2, 0) is 0 Å². The molecule has 0 fully saturated rings. The van der Waals surface area contributed by atoms with Crippen molar-refractivity contribution in [1.82, 2.24) is 5.43 Å². The average molecular weight is 370 g/mol. The lowest BCUT2D eigenvalue weighted by Crippen LogP contribution is -2.17. The second-order valence-corrected chi connectivity index (χ2v) is 6.36. The van der Waals surface area contributed by atoms with Crippen LogP contribution in [0.25, 0.3) is 0 Å². The molecule has 0 saturated carbocycles. The van der Waals surface area contributed by atoms with Gasteiger partial charge in [0.2, 0.25) is 0 Å². The summed E-state index contributed by atoms with van der Waals surface area (Å²) in [5.74, 6) is -0.264. The van der Waals surface area contributed by atoms with Crippen LogP contribution in [0.3, 0.4) is 0 Å². The van der Waals surface area contributed by atoms with E-state index in [1.54, 1.807) is 36.7 Å². The summed E-state index contributed by atoms with van der Waals surface area (Å²) in [7, 11) is 0. The molecule has 0 atom stereocenters. The zero-order chi connectivity index (χ0) is 19.8. The molecular formula is C23H22N4O. The van der Waals surface area contributed by atoms with E-state index in [4.69, 9.17) is 0 Å². The molecule has 1 amide bonds. The maximum atomic E-state index is 12.2. The second kappa shape index (κ2) is 9.28. The average Bonchev–Trinajstić information content (AvgIpc) is 2.71. The van der Waals surface area contributed by atoms with Gasteiger partial charge in [-0.3, -0.25) is 10.2 Å². The fourth-order valence-electron chi connectivity index (χ4n) is 2.56. The minimum absolute atomic E-state index is 0.264. The number of amides is 1. The number of aryl methyl sites for hydroxylation is 2. The molecule has 3 rings (SSSR count). The summed E-state index contributed by atoms with van der Waals surface area (Å²) in [6.45, 7) is 4.03. The summed E-state index contributed by atoms with van der Waals surface area (Å²) in [4.78, 5) is 12.2. The van der Waals surface area contributed by atoms with E-state index in [0.29, 0.717) is 5.56 Å². The van der Waals surface area contributed by atoms with Crippen LogP contribution >= 0.6 is 0 Å².